The van der Waals surface area contributed by atoms with Crippen LogP contribution in [0.25, 0.3) is 16.9 Å². The molecule has 0 bridgehead atoms. The van der Waals surface area contributed by atoms with Crippen LogP contribution in [0.5, 0.6) is 11.5 Å². The number of rotatable bonds is 8. The SMILES string of the molecule is COc1ccc(-c2cc(NC(=O)Cc3c(C)nc4nc(SC)nn4c3C)ccc2OC(F)F)cc1. The fourth-order valence-electron chi connectivity index (χ4n) is 3.70. The summed E-state index contributed by atoms with van der Waals surface area (Å²) in [7, 11) is 1.54. The summed E-state index contributed by atoms with van der Waals surface area (Å²) in [6.45, 7) is 0.701. The first-order chi connectivity index (χ1) is 16.8. The van der Waals surface area contributed by atoms with Gasteiger partial charge in [0, 0.05) is 28.2 Å². The number of anilines is 1. The molecule has 11 heteroatoms. The molecule has 0 atom stereocenters. The van der Waals surface area contributed by atoms with Gasteiger partial charge in [0.15, 0.2) is 0 Å². The number of aromatic nitrogens is 4. The number of carbonyl (C=O) groups is 1. The molecule has 0 saturated carbocycles. The van der Waals surface area contributed by atoms with Crippen LogP contribution < -0.4 is 14.8 Å². The van der Waals surface area contributed by atoms with E-state index in [9.17, 15) is 13.6 Å². The molecule has 35 heavy (non-hydrogen) atoms. The predicted octanol–water partition coefficient (Wildman–Crippen LogP) is 4.92. The third-order valence-electron chi connectivity index (χ3n) is 5.43. The third-order valence-corrected chi connectivity index (χ3v) is 5.97. The van der Waals surface area contributed by atoms with Crippen LogP contribution in [-0.4, -0.2) is 45.5 Å². The monoisotopic (exact) mass is 499 g/mol. The summed E-state index contributed by atoms with van der Waals surface area (Å²) < 4.78 is 37.4. The van der Waals surface area contributed by atoms with Crippen molar-refractivity contribution >= 4 is 29.1 Å². The van der Waals surface area contributed by atoms with E-state index in [0.717, 1.165) is 11.3 Å². The first-order valence-electron chi connectivity index (χ1n) is 10.6. The van der Waals surface area contributed by atoms with Gasteiger partial charge in [-0.05, 0) is 56.0 Å². The van der Waals surface area contributed by atoms with Gasteiger partial charge in [-0.3, -0.25) is 4.79 Å². The van der Waals surface area contributed by atoms with E-state index >= 15 is 0 Å². The van der Waals surface area contributed by atoms with Crippen molar-refractivity contribution < 1.29 is 23.0 Å². The number of fused-ring (bicyclic) bond motifs is 1. The second-order valence-corrected chi connectivity index (χ2v) is 8.39. The normalized spacial score (nSPS) is 11.2. The number of aryl methyl sites for hydroxylation is 2. The number of alkyl halides is 2. The third kappa shape index (κ3) is 5.35. The number of hydrogen-bond donors (Lipinski definition) is 1. The molecule has 2 aromatic carbocycles. The van der Waals surface area contributed by atoms with E-state index in [1.807, 2.05) is 20.1 Å². The minimum absolute atomic E-state index is 0.000265. The van der Waals surface area contributed by atoms with Crippen LogP contribution in [0.4, 0.5) is 14.5 Å². The van der Waals surface area contributed by atoms with Gasteiger partial charge in [-0.2, -0.15) is 13.8 Å². The maximum absolute atomic E-state index is 13.0. The standard InChI is InChI=1S/C24H23F2N5O3S/c1-13-18(14(2)31-23(27-13)29-24(30-31)35-4)12-21(32)28-16-7-10-20(34-22(25)26)19(11-16)15-5-8-17(33-3)9-6-15/h5-11,22H,12H2,1-4H3,(H,28,32). The fraction of sp³-hybridized carbons (Fsp3) is 0.250. The van der Waals surface area contributed by atoms with E-state index in [0.29, 0.717) is 39.2 Å². The summed E-state index contributed by atoms with van der Waals surface area (Å²) in [6.07, 6.45) is 1.94. The van der Waals surface area contributed by atoms with E-state index in [1.54, 1.807) is 34.8 Å². The van der Waals surface area contributed by atoms with Crippen LogP contribution in [-0.2, 0) is 11.2 Å². The van der Waals surface area contributed by atoms with Gasteiger partial charge in [0.05, 0.1) is 13.5 Å². The highest BCUT2D eigenvalue weighted by Crippen LogP contribution is 2.34. The van der Waals surface area contributed by atoms with Crippen molar-refractivity contribution in [1.82, 2.24) is 19.6 Å². The summed E-state index contributed by atoms with van der Waals surface area (Å²) in [5, 5.41) is 7.84. The lowest BCUT2D eigenvalue weighted by molar-refractivity contribution is -0.115. The maximum Gasteiger partial charge on any atom is 0.387 e. The van der Waals surface area contributed by atoms with Gasteiger partial charge in [-0.25, -0.2) is 9.50 Å². The van der Waals surface area contributed by atoms with Gasteiger partial charge in [0.25, 0.3) is 5.78 Å². The molecule has 182 valence electrons. The molecule has 0 unspecified atom stereocenters. The summed E-state index contributed by atoms with van der Waals surface area (Å²) in [4.78, 5) is 21.7. The van der Waals surface area contributed by atoms with Crippen LogP contribution in [0.3, 0.4) is 0 Å². The molecule has 0 spiro atoms. The van der Waals surface area contributed by atoms with Gasteiger partial charge in [0.2, 0.25) is 11.1 Å². The summed E-state index contributed by atoms with van der Waals surface area (Å²) >= 11 is 1.41. The van der Waals surface area contributed by atoms with Crippen molar-refractivity contribution in [3.8, 4) is 22.6 Å². The van der Waals surface area contributed by atoms with Crippen LogP contribution in [0.15, 0.2) is 47.6 Å². The largest absolute Gasteiger partial charge is 0.497 e. The zero-order chi connectivity index (χ0) is 25.1. The van der Waals surface area contributed by atoms with Gasteiger partial charge in [-0.1, -0.05) is 23.9 Å². The highest BCUT2D eigenvalue weighted by molar-refractivity contribution is 7.98. The summed E-state index contributed by atoms with van der Waals surface area (Å²) in [5.41, 5.74) is 3.68. The van der Waals surface area contributed by atoms with Crippen LogP contribution >= 0.6 is 11.8 Å². The number of benzene rings is 2. The molecule has 0 aliphatic carbocycles. The molecule has 4 rings (SSSR count). The maximum atomic E-state index is 13.0. The number of carbonyl (C=O) groups excluding carboxylic acids is 1. The highest BCUT2D eigenvalue weighted by Gasteiger charge is 2.17. The Bertz CT molecular complexity index is 1380. The van der Waals surface area contributed by atoms with E-state index in [4.69, 9.17) is 9.47 Å². The smallest absolute Gasteiger partial charge is 0.387 e. The number of nitrogens with zero attached hydrogens (tertiary/aromatic N) is 4. The van der Waals surface area contributed by atoms with Crippen LogP contribution in [0.2, 0.25) is 0 Å². The lowest BCUT2D eigenvalue weighted by Crippen LogP contribution is -2.18. The van der Waals surface area contributed by atoms with Gasteiger partial charge in [-0.15, -0.1) is 5.10 Å². The Hall–Kier alpha value is -3.73. The van der Waals surface area contributed by atoms with Crippen molar-refractivity contribution in [3.05, 3.63) is 59.4 Å². The van der Waals surface area contributed by atoms with Gasteiger partial charge >= 0.3 is 6.61 Å². The molecule has 0 aliphatic rings. The van der Waals surface area contributed by atoms with Crippen molar-refractivity contribution in [2.45, 2.75) is 32.0 Å². The summed E-state index contributed by atoms with van der Waals surface area (Å²) in [5.74, 6) is 0.821. The molecule has 4 aromatic rings. The van der Waals surface area contributed by atoms with Crippen molar-refractivity contribution in [3.63, 3.8) is 0 Å². The quantitative estimate of drug-likeness (QED) is 0.344. The zero-order valence-electron chi connectivity index (χ0n) is 19.5. The molecule has 0 fully saturated rings. The minimum atomic E-state index is -2.98. The van der Waals surface area contributed by atoms with Crippen LogP contribution in [0, 0.1) is 13.8 Å². The number of thioether (sulfide) groups is 1. The number of halogens is 2. The average molecular weight is 500 g/mol. The Labute approximate surface area is 204 Å². The van der Waals surface area contributed by atoms with E-state index in [-0.39, 0.29) is 18.1 Å². The van der Waals surface area contributed by atoms with Crippen molar-refractivity contribution in [1.29, 1.82) is 0 Å². The van der Waals surface area contributed by atoms with E-state index < -0.39 is 6.61 Å². The number of nitrogens with one attached hydrogen (secondary N) is 1. The zero-order valence-corrected chi connectivity index (χ0v) is 20.3. The first kappa shape index (κ1) is 24.4. The molecule has 8 nitrogen and oxygen atoms in total. The Morgan fingerprint density at radius 1 is 1.14 bits per heavy atom. The first-order valence-corrected chi connectivity index (χ1v) is 11.8. The number of hydrogen-bond acceptors (Lipinski definition) is 7. The Morgan fingerprint density at radius 2 is 1.89 bits per heavy atom. The Morgan fingerprint density at radius 3 is 2.54 bits per heavy atom. The molecule has 2 aromatic heterocycles. The average Bonchev–Trinajstić information content (AvgIpc) is 3.26. The highest BCUT2D eigenvalue weighted by atomic mass is 32.2. The topological polar surface area (TPSA) is 90.6 Å². The van der Waals surface area contributed by atoms with Gasteiger partial charge < -0.3 is 14.8 Å². The molecular formula is C24H23F2N5O3S. The van der Waals surface area contributed by atoms with Gasteiger partial charge in [0.1, 0.15) is 11.5 Å². The Kier molecular flexibility index (Phi) is 7.15. The molecule has 0 radical (unpaired) electrons. The number of ether oxygens (including phenoxy) is 2. The molecule has 2 heterocycles. The fourth-order valence-corrected chi connectivity index (χ4v) is 4.04. The lowest BCUT2D eigenvalue weighted by Gasteiger charge is -2.15. The van der Waals surface area contributed by atoms with Crippen molar-refractivity contribution in [2.75, 3.05) is 18.7 Å². The number of methoxy groups -OCH3 is 1. The van der Waals surface area contributed by atoms with Crippen LogP contribution in [0.1, 0.15) is 17.0 Å². The molecular weight excluding hydrogens is 476 g/mol. The minimum Gasteiger partial charge on any atom is -0.497 e. The molecule has 1 amide bonds. The molecule has 0 saturated heterocycles. The second-order valence-electron chi connectivity index (χ2n) is 7.61. The second kappa shape index (κ2) is 10.3. The lowest BCUT2D eigenvalue weighted by atomic mass is 10.0. The predicted molar refractivity (Wildman–Crippen MR) is 129 cm³/mol. The number of amides is 1. The Balaban J connectivity index is 1.60. The van der Waals surface area contributed by atoms with Crippen molar-refractivity contribution in [2.24, 2.45) is 0 Å². The van der Waals surface area contributed by atoms with E-state index in [1.165, 1.54) is 31.0 Å². The summed E-state index contributed by atoms with van der Waals surface area (Å²) in [6, 6.07) is 11.4. The molecule has 0 aliphatic heterocycles. The van der Waals surface area contributed by atoms with E-state index in [2.05, 4.69) is 20.4 Å². The molecule has 1 N–H and O–H groups in total.